The lowest BCUT2D eigenvalue weighted by Gasteiger charge is -2.18. The molecule has 1 atom stereocenters. The Hall–Kier alpha value is -1.88. The Kier molecular flexibility index (Phi) is 3.62. The number of rotatable bonds is 4. The maximum Gasteiger partial charge on any atom is 0.324 e. The summed E-state index contributed by atoms with van der Waals surface area (Å²) in [6.07, 6.45) is 0.975. The average Bonchev–Trinajstić information content (AvgIpc) is 2.70. The van der Waals surface area contributed by atoms with E-state index in [0.717, 1.165) is 12.0 Å². The third-order valence-electron chi connectivity index (χ3n) is 3.13. The van der Waals surface area contributed by atoms with Crippen molar-refractivity contribution in [1.82, 2.24) is 10.2 Å². The number of aryl methyl sites for hydroxylation is 1. The molecule has 96 valence electrons. The minimum absolute atomic E-state index is 0.0698. The molecule has 1 saturated heterocycles. The van der Waals surface area contributed by atoms with Crippen molar-refractivity contribution in [1.29, 1.82) is 0 Å². The average molecular weight is 247 g/mol. The summed E-state index contributed by atoms with van der Waals surface area (Å²) in [7, 11) is 0. The predicted molar refractivity (Wildman–Crippen MR) is 67.9 cm³/mol. The molecule has 5 nitrogen and oxygen atoms in total. The van der Waals surface area contributed by atoms with Gasteiger partial charge in [0.15, 0.2) is 0 Å². The molecule has 0 saturated carbocycles. The van der Waals surface area contributed by atoms with E-state index in [-0.39, 0.29) is 31.1 Å². The van der Waals surface area contributed by atoms with E-state index in [9.17, 15) is 9.59 Å². The molecule has 0 bridgehead atoms. The molecule has 1 fully saturated rings. The van der Waals surface area contributed by atoms with Crippen molar-refractivity contribution in [2.75, 3.05) is 13.1 Å². The largest absolute Gasteiger partial charge is 0.329 e. The molecule has 0 aromatic heterocycles. The van der Waals surface area contributed by atoms with Crippen molar-refractivity contribution in [2.24, 2.45) is 5.73 Å². The summed E-state index contributed by atoms with van der Waals surface area (Å²) in [5.41, 5.74) is 8.18. The topological polar surface area (TPSA) is 75.4 Å². The first-order valence-corrected chi connectivity index (χ1v) is 6.04. The SMILES string of the molecule is CCc1ccc(C(N)CN2C(=O)CNC2=O)cc1. The van der Waals surface area contributed by atoms with Gasteiger partial charge in [0, 0.05) is 12.6 Å². The fraction of sp³-hybridized carbons (Fsp3) is 0.385. The quantitative estimate of drug-likeness (QED) is 0.773. The first-order chi connectivity index (χ1) is 8.61. The highest BCUT2D eigenvalue weighted by Crippen LogP contribution is 2.14. The lowest BCUT2D eigenvalue weighted by molar-refractivity contribution is -0.125. The number of hydrogen-bond donors (Lipinski definition) is 2. The van der Waals surface area contributed by atoms with Gasteiger partial charge in [-0.15, -0.1) is 0 Å². The second-order valence-corrected chi connectivity index (χ2v) is 4.36. The normalized spacial score (nSPS) is 16.9. The molecule has 1 heterocycles. The zero-order valence-electron chi connectivity index (χ0n) is 10.3. The van der Waals surface area contributed by atoms with Crippen LogP contribution in [0.2, 0.25) is 0 Å². The maximum atomic E-state index is 11.4. The number of imide groups is 1. The van der Waals surface area contributed by atoms with Gasteiger partial charge in [0.05, 0.1) is 6.54 Å². The second kappa shape index (κ2) is 5.18. The van der Waals surface area contributed by atoms with E-state index in [1.165, 1.54) is 10.5 Å². The van der Waals surface area contributed by atoms with Crippen LogP contribution in [-0.2, 0) is 11.2 Å². The molecule has 2 rings (SSSR count). The summed E-state index contributed by atoms with van der Waals surface area (Å²) < 4.78 is 0. The first kappa shape index (κ1) is 12.6. The van der Waals surface area contributed by atoms with Gasteiger partial charge in [-0.25, -0.2) is 4.79 Å². The van der Waals surface area contributed by atoms with Crippen LogP contribution in [0.3, 0.4) is 0 Å². The molecular formula is C13H17N3O2. The molecule has 1 unspecified atom stereocenters. The standard InChI is InChI=1S/C13H17N3O2/c1-2-9-3-5-10(6-4-9)11(14)8-16-12(17)7-15-13(16)18/h3-6,11H,2,7-8,14H2,1H3,(H,15,18). The lowest BCUT2D eigenvalue weighted by Crippen LogP contribution is -2.37. The highest BCUT2D eigenvalue weighted by atomic mass is 16.2. The van der Waals surface area contributed by atoms with Gasteiger partial charge in [0.25, 0.3) is 0 Å². The van der Waals surface area contributed by atoms with Crippen LogP contribution in [0.1, 0.15) is 24.1 Å². The predicted octanol–water partition coefficient (Wildman–Crippen LogP) is 0.801. The Morgan fingerprint density at radius 3 is 2.50 bits per heavy atom. The zero-order valence-corrected chi connectivity index (χ0v) is 10.3. The summed E-state index contributed by atoms with van der Waals surface area (Å²) in [6.45, 7) is 2.37. The van der Waals surface area contributed by atoms with Crippen molar-refractivity contribution in [3.05, 3.63) is 35.4 Å². The third-order valence-corrected chi connectivity index (χ3v) is 3.13. The highest BCUT2D eigenvalue weighted by Gasteiger charge is 2.29. The summed E-state index contributed by atoms with van der Waals surface area (Å²) >= 11 is 0. The molecule has 0 aliphatic carbocycles. The molecule has 5 heteroatoms. The van der Waals surface area contributed by atoms with Gasteiger partial charge < -0.3 is 11.1 Å². The van der Waals surface area contributed by atoms with Crippen LogP contribution in [0, 0.1) is 0 Å². The van der Waals surface area contributed by atoms with E-state index in [4.69, 9.17) is 5.73 Å². The number of carbonyl (C=O) groups excluding carboxylic acids is 2. The second-order valence-electron chi connectivity index (χ2n) is 4.36. The Balaban J connectivity index is 2.04. The van der Waals surface area contributed by atoms with Gasteiger partial charge in [-0.05, 0) is 17.5 Å². The van der Waals surface area contributed by atoms with Crippen molar-refractivity contribution >= 4 is 11.9 Å². The van der Waals surface area contributed by atoms with Crippen LogP contribution in [0.15, 0.2) is 24.3 Å². The molecule has 18 heavy (non-hydrogen) atoms. The Bertz CT molecular complexity index is 440. The summed E-state index contributed by atoms with van der Waals surface area (Å²) in [5, 5.41) is 2.48. The van der Waals surface area contributed by atoms with Gasteiger partial charge in [-0.2, -0.15) is 0 Å². The van der Waals surface area contributed by atoms with Crippen LogP contribution in [0.4, 0.5) is 4.79 Å². The van der Waals surface area contributed by atoms with Crippen LogP contribution in [0.25, 0.3) is 0 Å². The molecular weight excluding hydrogens is 230 g/mol. The van der Waals surface area contributed by atoms with Crippen molar-refractivity contribution < 1.29 is 9.59 Å². The van der Waals surface area contributed by atoms with Crippen molar-refractivity contribution in [2.45, 2.75) is 19.4 Å². The van der Waals surface area contributed by atoms with Crippen LogP contribution in [-0.4, -0.2) is 29.9 Å². The molecule has 3 N–H and O–H groups in total. The Morgan fingerprint density at radius 2 is 2.00 bits per heavy atom. The minimum Gasteiger partial charge on any atom is -0.329 e. The van der Waals surface area contributed by atoms with E-state index in [1.807, 2.05) is 24.3 Å². The van der Waals surface area contributed by atoms with Gasteiger partial charge in [-0.3, -0.25) is 9.69 Å². The van der Waals surface area contributed by atoms with E-state index < -0.39 is 0 Å². The number of amides is 3. The fourth-order valence-corrected chi connectivity index (χ4v) is 1.94. The van der Waals surface area contributed by atoms with Crippen LogP contribution >= 0.6 is 0 Å². The maximum absolute atomic E-state index is 11.4. The highest BCUT2D eigenvalue weighted by molar-refractivity contribution is 6.01. The third kappa shape index (κ3) is 2.51. The molecule has 1 aliphatic rings. The molecule has 0 radical (unpaired) electrons. The molecule has 1 aromatic carbocycles. The molecule has 0 spiro atoms. The van der Waals surface area contributed by atoms with Crippen molar-refractivity contribution in [3.8, 4) is 0 Å². The van der Waals surface area contributed by atoms with Gasteiger partial charge in [-0.1, -0.05) is 31.2 Å². The smallest absolute Gasteiger partial charge is 0.324 e. The monoisotopic (exact) mass is 247 g/mol. The van der Waals surface area contributed by atoms with Crippen molar-refractivity contribution in [3.63, 3.8) is 0 Å². The number of benzene rings is 1. The Labute approximate surface area is 106 Å². The fourth-order valence-electron chi connectivity index (χ4n) is 1.94. The van der Waals surface area contributed by atoms with E-state index in [2.05, 4.69) is 12.2 Å². The number of nitrogens with zero attached hydrogens (tertiary/aromatic N) is 1. The molecule has 1 aromatic rings. The summed E-state index contributed by atoms with van der Waals surface area (Å²) in [6, 6.07) is 7.22. The zero-order chi connectivity index (χ0) is 13.1. The number of carbonyl (C=O) groups is 2. The number of hydrogen-bond acceptors (Lipinski definition) is 3. The summed E-state index contributed by atoms with van der Waals surface area (Å²) in [5.74, 6) is -0.222. The number of nitrogens with one attached hydrogen (secondary N) is 1. The van der Waals surface area contributed by atoms with E-state index in [0.29, 0.717) is 0 Å². The van der Waals surface area contributed by atoms with Crippen LogP contribution < -0.4 is 11.1 Å². The first-order valence-electron chi connectivity index (χ1n) is 6.04. The summed E-state index contributed by atoms with van der Waals surface area (Å²) in [4.78, 5) is 24.0. The van der Waals surface area contributed by atoms with Gasteiger partial charge >= 0.3 is 6.03 Å². The number of urea groups is 1. The van der Waals surface area contributed by atoms with E-state index >= 15 is 0 Å². The molecule has 3 amide bonds. The molecule has 1 aliphatic heterocycles. The van der Waals surface area contributed by atoms with Gasteiger partial charge in [0.2, 0.25) is 5.91 Å². The lowest BCUT2D eigenvalue weighted by atomic mass is 10.0. The van der Waals surface area contributed by atoms with Gasteiger partial charge in [0.1, 0.15) is 0 Å². The van der Waals surface area contributed by atoms with Crippen LogP contribution in [0.5, 0.6) is 0 Å². The van der Waals surface area contributed by atoms with E-state index in [1.54, 1.807) is 0 Å². The Morgan fingerprint density at radius 1 is 1.33 bits per heavy atom. The minimum atomic E-state index is -0.361. The number of nitrogens with two attached hydrogens (primary N) is 1.